The van der Waals surface area contributed by atoms with Gasteiger partial charge in [-0.3, -0.25) is 4.79 Å². The third-order valence-corrected chi connectivity index (χ3v) is 2.71. The van der Waals surface area contributed by atoms with Crippen molar-refractivity contribution in [2.45, 2.75) is 32.1 Å². The lowest BCUT2D eigenvalue weighted by Gasteiger charge is -2.18. The van der Waals surface area contributed by atoms with Gasteiger partial charge in [-0.1, -0.05) is 19.3 Å². The lowest BCUT2D eigenvalue weighted by Crippen LogP contribution is -2.18. The highest BCUT2D eigenvalue weighted by Crippen LogP contribution is 2.25. The lowest BCUT2D eigenvalue weighted by atomic mass is 9.86. The number of ketones is 1. The molecule has 13 heavy (non-hydrogen) atoms. The molecule has 0 spiro atoms. The molecule has 2 rings (SSSR count). The zero-order valence-corrected chi connectivity index (χ0v) is 7.62. The molecule has 3 nitrogen and oxygen atoms in total. The Labute approximate surface area is 77.6 Å². The van der Waals surface area contributed by atoms with Gasteiger partial charge in [-0.15, -0.1) is 0 Å². The second-order valence-electron chi connectivity index (χ2n) is 3.64. The molecule has 70 valence electrons. The first-order chi connectivity index (χ1) is 6.38. The van der Waals surface area contributed by atoms with Gasteiger partial charge in [-0.25, -0.2) is 4.98 Å². The zero-order valence-electron chi connectivity index (χ0n) is 7.62. The van der Waals surface area contributed by atoms with Crippen LogP contribution in [0.3, 0.4) is 0 Å². The summed E-state index contributed by atoms with van der Waals surface area (Å²) in [6.45, 7) is 0. The van der Waals surface area contributed by atoms with E-state index in [0.29, 0.717) is 5.82 Å². The van der Waals surface area contributed by atoms with Gasteiger partial charge in [-0.05, 0) is 12.8 Å². The van der Waals surface area contributed by atoms with Crippen LogP contribution in [0.4, 0.5) is 0 Å². The number of nitrogens with one attached hydrogen (secondary N) is 1. The van der Waals surface area contributed by atoms with Crippen molar-refractivity contribution < 1.29 is 4.79 Å². The van der Waals surface area contributed by atoms with Crippen LogP contribution in [0.2, 0.25) is 0 Å². The number of Topliss-reactive ketones (excluding diaryl/α,β-unsaturated/α-hetero) is 1. The molecule has 0 aliphatic heterocycles. The van der Waals surface area contributed by atoms with Crippen LogP contribution >= 0.6 is 0 Å². The maximum absolute atomic E-state index is 11.8. The van der Waals surface area contributed by atoms with Crippen LogP contribution < -0.4 is 0 Å². The number of imidazole rings is 1. The first-order valence-corrected chi connectivity index (χ1v) is 4.91. The largest absolute Gasteiger partial charge is 0.342 e. The van der Waals surface area contributed by atoms with Crippen molar-refractivity contribution in [2.75, 3.05) is 0 Å². The Morgan fingerprint density at radius 1 is 1.38 bits per heavy atom. The van der Waals surface area contributed by atoms with Gasteiger partial charge in [0, 0.05) is 18.3 Å². The number of hydrogen-bond donors (Lipinski definition) is 1. The van der Waals surface area contributed by atoms with Crippen LogP contribution in [0.5, 0.6) is 0 Å². The minimum Gasteiger partial charge on any atom is -0.342 e. The topological polar surface area (TPSA) is 45.8 Å². The molecular weight excluding hydrogens is 164 g/mol. The number of hydrogen-bond acceptors (Lipinski definition) is 2. The molecule has 1 aromatic rings. The average Bonchev–Trinajstić information content (AvgIpc) is 2.71. The van der Waals surface area contributed by atoms with Gasteiger partial charge in [0.2, 0.25) is 5.78 Å². The molecule has 1 aromatic heterocycles. The Hall–Kier alpha value is -1.12. The van der Waals surface area contributed by atoms with E-state index in [1.807, 2.05) is 0 Å². The Morgan fingerprint density at radius 2 is 2.15 bits per heavy atom. The number of rotatable bonds is 2. The van der Waals surface area contributed by atoms with Crippen molar-refractivity contribution in [3.8, 4) is 0 Å². The van der Waals surface area contributed by atoms with E-state index in [9.17, 15) is 4.79 Å². The SMILES string of the molecule is O=C(c1ncc[nH]1)C1CCCCC1. The van der Waals surface area contributed by atoms with Crippen molar-refractivity contribution >= 4 is 5.78 Å². The summed E-state index contributed by atoms with van der Waals surface area (Å²) in [6, 6.07) is 0. The Kier molecular flexibility index (Phi) is 2.43. The quantitative estimate of drug-likeness (QED) is 0.705. The summed E-state index contributed by atoms with van der Waals surface area (Å²) >= 11 is 0. The highest BCUT2D eigenvalue weighted by Gasteiger charge is 2.23. The molecule has 1 heterocycles. The maximum Gasteiger partial charge on any atom is 0.201 e. The smallest absolute Gasteiger partial charge is 0.201 e. The van der Waals surface area contributed by atoms with Crippen molar-refractivity contribution in [3.63, 3.8) is 0 Å². The van der Waals surface area contributed by atoms with Gasteiger partial charge in [0.05, 0.1) is 0 Å². The number of aromatic nitrogens is 2. The first kappa shape index (κ1) is 8.48. The number of nitrogens with zero attached hydrogens (tertiary/aromatic N) is 1. The molecule has 0 bridgehead atoms. The van der Waals surface area contributed by atoms with Crippen molar-refractivity contribution in [3.05, 3.63) is 18.2 Å². The van der Waals surface area contributed by atoms with E-state index in [-0.39, 0.29) is 11.7 Å². The second-order valence-corrected chi connectivity index (χ2v) is 3.64. The Bertz CT molecular complexity index is 273. The average molecular weight is 178 g/mol. The van der Waals surface area contributed by atoms with Gasteiger partial charge >= 0.3 is 0 Å². The van der Waals surface area contributed by atoms with E-state index in [2.05, 4.69) is 9.97 Å². The van der Waals surface area contributed by atoms with E-state index in [1.54, 1.807) is 12.4 Å². The van der Waals surface area contributed by atoms with Crippen LogP contribution in [0.25, 0.3) is 0 Å². The van der Waals surface area contributed by atoms with E-state index in [1.165, 1.54) is 19.3 Å². The minimum atomic E-state index is 0.199. The molecule has 0 aromatic carbocycles. The molecule has 1 fully saturated rings. The van der Waals surface area contributed by atoms with Crippen LogP contribution in [-0.2, 0) is 0 Å². The second kappa shape index (κ2) is 3.73. The lowest BCUT2D eigenvalue weighted by molar-refractivity contribution is 0.0879. The van der Waals surface area contributed by atoms with Gasteiger partial charge in [-0.2, -0.15) is 0 Å². The van der Waals surface area contributed by atoms with Gasteiger partial charge < -0.3 is 4.98 Å². The van der Waals surface area contributed by atoms with E-state index in [0.717, 1.165) is 12.8 Å². The van der Waals surface area contributed by atoms with E-state index >= 15 is 0 Å². The highest BCUT2D eigenvalue weighted by atomic mass is 16.1. The van der Waals surface area contributed by atoms with Crippen LogP contribution in [-0.4, -0.2) is 15.8 Å². The molecule has 1 aliphatic carbocycles. The summed E-state index contributed by atoms with van der Waals surface area (Å²) in [6.07, 6.45) is 9.08. The third kappa shape index (κ3) is 1.79. The van der Waals surface area contributed by atoms with E-state index < -0.39 is 0 Å². The molecule has 0 atom stereocenters. The highest BCUT2D eigenvalue weighted by molar-refractivity contribution is 5.94. The van der Waals surface area contributed by atoms with E-state index in [4.69, 9.17) is 0 Å². The van der Waals surface area contributed by atoms with Crippen molar-refractivity contribution in [1.82, 2.24) is 9.97 Å². The predicted molar refractivity (Wildman–Crippen MR) is 49.5 cm³/mol. The minimum absolute atomic E-state index is 0.199. The van der Waals surface area contributed by atoms with Gasteiger partial charge in [0.15, 0.2) is 5.82 Å². The van der Waals surface area contributed by atoms with Gasteiger partial charge in [0.1, 0.15) is 0 Å². The molecular formula is C10H14N2O. The normalized spacial score (nSPS) is 18.8. The van der Waals surface area contributed by atoms with Gasteiger partial charge in [0.25, 0.3) is 0 Å². The number of H-pyrrole nitrogens is 1. The molecule has 1 aliphatic rings. The fourth-order valence-electron chi connectivity index (χ4n) is 1.96. The van der Waals surface area contributed by atoms with Crippen LogP contribution in [0.1, 0.15) is 42.7 Å². The zero-order chi connectivity index (χ0) is 9.10. The Balaban J connectivity index is 2.04. The fraction of sp³-hybridized carbons (Fsp3) is 0.600. The number of carbonyl (C=O) groups is 1. The van der Waals surface area contributed by atoms with Crippen molar-refractivity contribution in [2.24, 2.45) is 5.92 Å². The third-order valence-electron chi connectivity index (χ3n) is 2.71. The summed E-state index contributed by atoms with van der Waals surface area (Å²) < 4.78 is 0. The predicted octanol–water partition coefficient (Wildman–Crippen LogP) is 2.17. The summed E-state index contributed by atoms with van der Waals surface area (Å²) in [4.78, 5) is 18.6. The molecule has 0 amide bonds. The summed E-state index contributed by atoms with van der Waals surface area (Å²) in [5.74, 6) is 0.955. The molecule has 0 saturated heterocycles. The number of carbonyl (C=O) groups excluding carboxylic acids is 1. The van der Waals surface area contributed by atoms with Crippen LogP contribution in [0.15, 0.2) is 12.4 Å². The molecule has 1 saturated carbocycles. The van der Waals surface area contributed by atoms with Crippen LogP contribution in [0, 0.1) is 5.92 Å². The van der Waals surface area contributed by atoms with Crippen molar-refractivity contribution in [1.29, 1.82) is 0 Å². The molecule has 1 N–H and O–H groups in total. The number of aromatic amines is 1. The fourth-order valence-corrected chi connectivity index (χ4v) is 1.96. The summed E-state index contributed by atoms with van der Waals surface area (Å²) in [5, 5.41) is 0. The standard InChI is InChI=1S/C10H14N2O/c13-9(10-11-6-7-12-10)8-4-2-1-3-5-8/h6-8H,1-5H2,(H,11,12). The summed E-state index contributed by atoms with van der Waals surface area (Å²) in [5.41, 5.74) is 0. The summed E-state index contributed by atoms with van der Waals surface area (Å²) in [7, 11) is 0. The first-order valence-electron chi connectivity index (χ1n) is 4.91. The molecule has 0 radical (unpaired) electrons. The maximum atomic E-state index is 11.8. The molecule has 0 unspecified atom stereocenters. The monoisotopic (exact) mass is 178 g/mol. The Morgan fingerprint density at radius 3 is 2.77 bits per heavy atom. The molecule has 3 heteroatoms.